The van der Waals surface area contributed by atoms with Gasteiger partial charge >= 0.3 is 0 Å². The average molecular weight is 807 g/mol. The maximum atomic E-state index is 12.5. The molecule has 0 aromatic heterocycles. The van der Waals surface area contributed by atoms with Crippen molar-refractivity contribution < 1.29 is 33.9 Å². The number of fused-ring (bicyclic) bond motifs is 2. The van der Waals surface area contributed by atoms with Crippen molar-refractivity contribution >= 4 is 0 Å². The number of hydrogen-bond donors (Lipinski definition) is 2. The maximum Gasteiger partial charge on any atom is 0.126 e. The Morgan fingerprint density at radius 1 is 0.322 bits per heavy atom. The van der Waals surface area contributed by atoms with Crippen molar-refractivity contribution in [3.8, 4) is 23.0 Å². The quantitative estimate of drug-likeness (QED) is 0.161. The molecule has 7 nitrogen and oxygen atoms in total. The van der Waals surface area contributed by atoms with E-state index in [2.05, 4.69) is 132 Å². The van der Waals surface area contributed by atoms with Gasteiger partial charge in [-0.3, -0.25) is 0 Å². The van der Waals surface area contributed by atoms with Crippen LogP contribution in [0.3, 0.4) is 0 Å². The van der Waals surface area contributed by atoms with Crippen molar-refractivity contribution in [2.45, 2.75) is 130 Å². The van der Waals surface area contributed by atoms with Crippen LogP contribution in [0.1, 0.15) is 150 Å². The molecule has 320 valence electrons. The first-order chi connectivity index (χ1) is 27.6. The fourth-order valence-corrected chi connectivity index (χ4v) is 7.96. The summed E-state index contributed by atoms with van der Waals surface area (Å²) in [5.41, 5.74) is 11.3. The molecule has 2 aliphatic rings. The Balaban J connectivity index is 1.72. The molecule has 7 heteroatoms. The summed E-state index contributed by atoms with van der Waals surface area (Å²) in [7, 11) is 0. The maximum absolute atomic E-state index is 12.5. The Morgan fingerprint density at radius 3 is 0.746 bits per heavy atom. The molecule has 0 saturated heterocycles. The van der Waals surface area contributed by atoms with Crippen LogP contribution in [0.4, 0.5) is 0 Å². The molecular formula is C52H70O7. The molecule has 0 unspecified atom stereocenters. The van der Waals surface area contributed by atoms with E-state index in [-0.39, 0.29) is 21.7 Å². The summed E-state index contributed by atoms with van der Waals surface area (Å²) in [5, 5.41) is 24.9. The van der Waals surface area contributed by atoms with Crippen LogP contribution in [0.15, 0.2) is 48.5 Å². The van der Waals surface area contributed by atoms with Crippen LogP contribution >= 0.6 is 0 Å². The zero-order valence-corrected chi connectivity index (χ0v) is 38.0. The lowest BCUT2D eigenvalue weighted by molar-refractivity contribution is 0.00484. The minimum Gasteiger partial charge on any atom is -0.507 e. The van der Waals surface area contributed by atoms with Crippen molar-refractivity contribution in [2.75, 3.05) is 52.9 Å². The topological polar surface area (TPSA) is 86.6 Å². The van der Waals surface area contributed by atoms with Gasteiger partial charge < -0.3 is 33.9 Å². The molecule has 0 radical (unpaired) electrons. The van der Waals surface area contributed by atoms with Crippen LogP contribution in [0.25, 0.3) is 0 Å². The van der Waals surface area contributed by atoms with E-state index in [1.807, 2.05) is 0 Å². The molecule has 0 spiro atoms. The molecule has 0 atom stereocenters. The fourth-order valence-electron chi connectivity index (χ4n) is 7.96. The van der Waals surface area contributed by atoms with Gasteiger partial charge in [0.15, 0.2) is 0 Å². The largest absolute Gasteiger partial charge is 0.507 e. The Labute approximate surface area is 354 Å². The molecule has 6 rings (SSSR count). The Bertz CT molecular complexity index is 1870. The minimum absolute atomic E-state index is 0.176. The number of hydrogen-bond acceptors (Lipinski definition) is 7. The summed E-state index contributed by atoms with van der Waals surface area (Å²) in [6, 6.07) is 17.7. The molecule has 4 aromatic carbocycles. The second kappa shape index (κ2) is 17.5. The molecule has 10 bridgehead atoms. The number of ether oxygens (including phenoxy) is 5. The Morgan fingerprint density at radius 2 is 0.525 bits per heavy atom. The molecule has 0 saturated carbocycles. The fraction of sp³-hybridized carbons (Fsp3) is 0.538. The monoisotopic (exact) mass is 807 g/mol. The Kier molecular flexibility index (Phi) is 13.2. The second-order valence-electron chi connectivity index (χ2n) is 20.8. The lowest BCUT2D eigenvalue weighted by Crippen LogP contribution is -2.18. The summed E-state index contributed by atoms with van der Waals surface area (Å²) >= 11 is 0. The number of phenols is 2. The molecule has 4 aromatic rings. The first-order valence-electron chi connectivity index (χ1n) is 21.6. The van der Waals surface area contributed by atoms with Gasteiger partial charge in [0.05, 0.1) is 39.6 Å². The average Bonchev–Trinajstić information content (AvgIpc) is 3.12. The van der Waals surface area contributed by atoms with E-state index in [9.17, 15) is 10.2 Å². The smallest absolute Gasteiger partial charge is 0.126 e. The predicted octanol–water partition coefficient (Wildman–Crippen LogP) is 10.8. The van der Waals surface area contributed by atoms with E-state index in [0.29, 0.717) is 90.0 Å². The summed E-state index contributed by atoms with van der Waals surface area (Å²) in [6.07, 6.45) is 1.82. The van der Waals surface area contributed by atoms with Gasteiger partial charge in [-0.2, -0.15) is 0 Å². The van der Waals surface area contributed by atoms with Gasteiger partial charge in [0.25, 0.3) is 0 Å². The van der Waals surface area contributed by atoms with Crippen LogP contribution < -0.4 is 9.47 Å². The van der Waals surface area contributed by atoms with E-state index in [0.717, 1.165) is 67.1 Å². The van der Waals surface area contributed by atoms with Gasteiger partial charge in [0.2, 0.25) is 0 Å². The molecule has 1 aliphatic heterocycles. The highest BCUT2D eigenvalue weighted by atomic mass is 16.6. The van der Waals surface area contributed by atoms with Crippen molar-refractivity contribution in [1.82, 2.24) is 0 Å². The first kappa shape index (κ1) is 44.5. The normalized spacial score (nSPS) is 16.5. The van der Waals surface area contributed by atoms with E-state index in [1.165, 1.54) is 11.1 Å². The molecule has 1 heterocycles. The highest BCUT2D eigenvalue weighted by Crippen LogP contribution is 2.43. The van der Waals surface area contributed by atoms with Gasteiger partial charge in [0, 0.05) is 25.7 Å². The number of phenolic OH excluding ortho intramolecular Hbond substituents is 2. The van der Waals surface area contributed by atoms with E-state index in [4.69, 9.17) is 23.7 Å². The Hall–Kier alpha value is -4.04. The number of benzene rings is 4. The lowest BCUT2D eigenvalue weighted by Gasteiger charge is -2.28. The lowest BCUT2D eigenvalue weighted by atomic mass is 9.79. The summed E-state index contributed by atoms with van der Waals surface area (Å²) < 4.78 is 31.3. The van der Waals surface area contributed by atoms with Gasteiger partial charge in [-0.05, 0) is 88.4 Å². The molecule has 2 N–H and O–H groups in total. The standard InChI is InChI=1S/C52H70O7/c1-49(2,3)41-25-33-21-37-29-43(51(7,8)9)31-39-23-35-27-42(50(4,5)6)28-36(46(35)54)24-40-32-44(52(10,11)12)30-38(22-34(26-41)45(33)53)48(40)59-20-18-57-16-14-55-13-15-56-17-19-58-47(37)39/h25-32,53-54H,13-24H2,1-12H3. The zero-order valence-electron chi connectivity index (χ0n) is 38.0. The molecule has 0 amide bonds. The second-order valence-corrected chi connectivity index (χ2v) is 20.8. The number of rotatable bonds is 0. The van der Waals surface area contributed by atoms with Gasteiger partial charge in [-0.25, -0.2) is 0 Å². The van der Waals surface area contributed by atoms with Gasteiger partial charge in [0.1, 0.15) is 36.2 Å². The molecule has 0 fully saturated rings. The van der Waals surface area contributed by atoms with Gasteiger partial charge in [-0.1, -0.05) is 132 Å². The van der Waals surface area contributed by atoms with Crippen molar-refractivity contribution in [3.63, 3.8) is 0 Å². The minimum atomic E-state index is -0.179. The van der Waals surface area contributed by atoms with Crippen LogP contribution in [-0.4, -0.2) is 63.1 Å². The van der Waals surface area contributed by atoms with Crippen molar-refractivity contribution in [3.05, 3.63) is 115 Å². The summed E-state index contributed by atoms with van der Waals surface area (Å²) in [5.74, 6) is 2.12. The van der Waals surface area contributed by atoms with E-state index in [1.54, 1.807) is 0 Å². The van der Waals surface area contributed by atoms with Crippen molar-refractivity contribution in [1.29, 1.82) is 0 Å². The molecule has 59 heavy (non-hydrogen) atoms. The van der Waals surface area contributed by atoms with E-state index < -0.39 is 0 Å². The van der Waals surface area contributed by atoms with Crippen molar-refractivity contribution in [2.24, 2.45) is 0 Å². The van der Waals surface area contributed by atoms with Gasteiger partial charge in [-0.15, -0.1) is 0 Å². The molecular weight excluding hydrogens is 737 g/mol. The van der Waals surface area contributed by atoms with Crippen LogP contribution in [0.2, 0.25) is 0 Å². The third kappa shape index (κ3) is 10.8. The van der Waals surface area contributed by atoms with Crippen LogP contribution in [-0.2, 0) is 61.6 Å². The highest BCUT2D eigenvalue weighted by molar-refractivity contribution is 5.59. The highest BCUT2D eigenvalue weighted by Gasteiger charge is 2.28. The van der Waals surface area contributed by atoms with Crippen LogP contribution in [0, 0.1) is 0 Å². The van der Waals surface area contributed by atoms with Crippen LogP contribution in [0.5, 0.6) is 23.0 Å². The predicted molar refractivity (Wildman–Crippen MR) is 239 cm³/mol. The SMILES string of the molecule is CC(C)(C)c1cc2c(O)c(c1)Cc1cc(C(C)(C)C)cc3c1OCCOCCOCCOCCOc1c(cc(C(C)(C)C)cc1Cc1cc(C(C)(C)C)cc(c1O)C3)C2. The molecule has 1 aliphatic carbocycles. The summed E-state index contributed by atoms with van der Waals surface area (Å²) in [4.78, 5) is 0. The first-order valence-corrected chi connectivity index (χ1v) is 21.6. The number of aromatic hydroxyl groups is 2. The summed E-state index contributed by atoms with van der Waals surface area (Å²) in [6.45, 7) is 30.0. The zero-order chi connectivity index (χ0) is 42.9. The third-order valence-corrected chi connectivity index (χ3v) is 11.7. The third-order valence-electron chi connectivity index (χ3n) is 11.7. The van der Waals surface area contributed by atoms with E-state index >= 15 is 0 Å².